The van der Waals surface area contributed by atoms with E-state index in [0.717, 1.165) is 27.5 Å². The zero-order valence-electron chi connectivity index (χ0n) is 14.5. The summed E-state index contributed by atoms with van der Waals surface area (Å²) in [6, 6.07) is 11.6. The summed E-state index contributed by atoms with van der Waals surface area (Å²) in [7, 11) is 0. The Morgan fingerprint density at radius 2 is 1.96 bits per heavy atom. The van der Waals surface area contributed by atoms with Gasteiger partial charge in [0.05, 0.1) is 5.52 Å². The molecule has 2 heterocycles. The van der Waals surface area contributed by atoms with Crippen molar-refractivity contribution in [2.24, 2.45) is 5.73 Å². The summed E-state index contributed by atoms with van der Waals surface area (Å²) in [6.45, 7) is 2.67. The van der Waals surface area contributed by atoms with Gasteiger partial charge in [0.15, 0.2) is 0 Å². The number of pyridine rings is 1. The van der Waals surface area contributed by atoms with E-state index in [1.807, 2.05) is 35.7 Å². The molecule has 0 fully saturated rings. The minimum Gasteiger partial charge on any atom is -0.507 e. The van der Waals surface area contributed by atoms with E-state index in [0.29, 0.717) is 21.2 Å². The number of thiophene rings is 1. The minimum absolute atomic E-state index is 0. The lowest BCUT2D eigenvalue weighted by Gasteiger charge is -2.14. The van der Waals surface area contributed by atoms with Crippen LogP contribution in [0.3, 0.4) is 0 Å². The van der Waals surface area contributed by atoms with Crippen LogP contribution < -0.4 is 11.3 Å². The van der Waals surface area contributed by atoms with Gasteiger partial charge in [0, 0.05) is 20.8 Å². The SMILES string of the molecule is CC(CN)c1ccc(-c2c(O)cc(Br)c3[nH]c(=O)c4sccc4c23)cc1.Cl. The Kier molecular flexibility index (Phi) is 5.63. The number of halogens is 2. The molecule has 4 rings (SSSR count). The highest BCUT2D eigenvalue weighted by Gasteiger charge is 2.18. The van der Waals surface area contributed by atoms with Crippen molar-refractivity contribution >= 4 is 60.7 Å². The quantitative estimate of drug-likeness (QED) is 0.381. The number of nitrogens with two attached hydrogens (primary N) is 1. The monoisotopic (exact) mass is 464 g/mol. The number of phenolic OH excluding ortho intramolecular Hbond substituents is 1. The second kappa shape index (κ2) is 7.64. The molecule has 0 amide bonds. The van der Waals surface area contributed by atoms with Crippen LogP contribution in [-0.4, -0.2) is 16.6 Å². The van der Waals surface area contributed by atoms with E-state index in [1.54, 1.807) is 6.07 Å². The number of aromatic amines is 1. The average molecular weight is 466 g/mol. The molecule has 0 saturated carbocycles. The van der Waals surface area contributed by atoms with Crippen molar-refractivity contribution in [1.82, 2.24) is 4.98 Å². The molecule has 4 nitrogen and oxygen atoms in total. The maximum absolute atomic E-state index is 12.4. The minimum atomic E-state index is -0.119. The number of aromatic nitrogens is 1. The summed E-state index contributed by atoms with van der Waals surface area (Å²) < 4.78 is 1.32. The first-order valence-corrected chi connectivity index (χ1v) is 9.93. The lowest BCUT2D eigenvalue weighted by Crippen LogP contribution is -2.08. The van der Waals surface area contributed by atoms with Crippen LogP contribution >= 0.6 is 39.7 Å². The average Bonchev–Trinajstić information content (AvgIpc) is 3.13. The molecule has 0 saturated heterocycles. The molecule has 4 N–H and O–H groups in total. The van der Waals surface area contributed by atoms with Gasteiger partial charge in [0.1, 0.15) is 10.4 Å². The van der Waals surface area contributed by atoms with Crippen molar-refractivity contribution in [2.45, 2.75) is 12.8 Å². The van der Waals surface area contributed by atoms with Gasteiger partial charge in [-0.3, -0.25) is 4.79 Å². The predicted octanol–water partition coefficient (Wildman–Crippen LogP) is 5.36. The summed E-state index contributed by atoms with van der Waals surface area (Å²) >= 11 is 4.86. The van der Waals surface area contributed by atoms with Gasteiger partial charge >= 0.3 is 0 Å². The summed E-state index contributed by atoms with van der Waals surface area (Å²) in [5, 5.41) is 14.3. The highest BCUT2D eigenvalue weighted by atomic mass is 79.9. The largest absolute Gasteiger partial charge is 0.507 e. The number of hydrogen-bond donors (Lipinski definition) is 3. The first kappa shape index (κ1) is 19.9. The molecule has 0 spiro atoms. The fraction of sp³-hybridized carbons (Fsp3) is 0.150. The molecule has 2 aromatic heterocycles. The summed E-state index contributed by atoms with van der Waals surface area (Å²) in [4.78, 5) is 15.3. The third kappa shape index (κ3) is 3.27. The first-order chi connectivity index (χ1) is 12.5. The fourth-order valence-corrected chi connectivity index (χ4v) is 4.60. The molecule has 1 atom stereocenters. The Hall–Kier alpha value is -1.86. The second-order valence-electron chi connectivity index (χ2n) is 6.38. The number of rotatable bonds is 3. The van der Waals surface area contributed by atoms with E-state index in [-0.39, 0.29) is 29.6 Å². The highest BCUT2D eigenvalue weighted by molar-refractivity contribution is 9.10. The molecule has 0 radical (unpaired) electrons. The van der Waals surface area contributed by atoms with E-state index in [9.17, 15) is 9.90 Å². The van der Waals surface area contributed by atoms with Gasteiger partial charge in [-0.1, -0.05) is 31.2 Å². The molecule has 140 valence electrons. The number of aromatic hydroxyl groups is 1. The molecule has 7 heteroatoms. The van der Waals surface area contributed by atoms with E-state index in [1.165, 1.54) is 11.3 Å². The molecule has 1 unspecified atom stereocenters. The zero-order valence-corrected chi connectivity index (χ0v) is 17.7. The van der Waals surface area contributed by atoms with Gasteiger partial charge in [0.25, 0.3) is 5.56 Å². The molecule has 2 aromatic carbocycles. The first-order valence-electron chi connectivity index (χ1n) is 8.26. The van der Waals surface area contributed by atoms with Gasteiger partial charge < -0.3 is 15.8 Å². The maximum Gasteiger partial charge on any atom is 0.266 e. The Balaban J connectivity index is 0.00000210. The third-order valence-electron chi connectivity index (χ3n) is 4.76. The van der Waals surface area contributed by atoms with Gasteiger partial charge in [-0.15, -0.1) is 23.7 Å². The molecule has 0 aliphatic heterocycles. The fourth-order valence-electron chi connectivity index (χ4n) is 3.29. The van der Waals surface area contributed by atoms with Crippen molar-refractivity contribution in [3.05, 3.63) is 62.2 Å². The van der Waals surface area contributed by atoms with Crippen LogP contribution in [-0.2, 0) is 0 Å². The van der Waals surface area contributed by atoms with Crippen LogP contribution in [0, 0.1) is 0 Å². The molecular weight excluding hydrogens is 448 g/mol. The molecule has 4 aromatic rings. The number of phenols is 1. The Bertz CT molecular complexity index is 1180. The molecule has 0 bridgehead atoms. The number of H-pyrrole nitrogens is 1. The molecule has 0 aliphatic rings. The topological polar surface area (TPSA) is 79.1 Å². The van der Waals surface area contributed by atoms with Gasteiger partial charge in [-0.25, -0.2) is 0 Å². The van der Waals surface area contributed by atoms with E-state index in [4.69, 9.17) is 5.73 Å². The molecule has 27 heavy (non-hydrogen) atoms. The van der Waals surface area contributed by atoms with Crippen LogP contribution in [0.15, 0.2) is 51.0 Å². The Morgan fingerprint density at radius 3 is 2.63 bits per heavy atom. The standard InChI is InChI=1S/C20H17BrN2O2S.ClH/c1-10(9-22)11-2-4-12(5-3-11)16-15(24)8-14(21)18-17(16)13-6-7-26-19(13)20(25)23-18;/h2-8,10,24H,9,22H2,1H3,(H,23,25);1H. The van der Waals surface area contributed by atoms with Gasteiger partial charge in [-0.05, 0) is 57.0 Å². The summed E-state index contributed by atoms with van der Waals surface area (Å²) in [6.07, 6.45) is 0. The normalized spacial score (nSPS) is 12.3. The lowest BCUT2D eigenvalue weighted by molar-refractivity contribution is 0.477. The van der Waals surface area contributed by atoms with Crippen molar-refractivity contribution < 1.29 is 5.11 Å². The molecular formula is C20H18BrClN2O2S. The Labute approximate surface area is 174 Å². The van der Waals surface area contributed by atoms with Crippen LogP contribution in [0.2, 0.25) is 0 Å². The van der Waals surface area contributed by atoms with Crippen LogP contribution in [0.4, 0.5) is 0 Å². The number of benzene rings is 2. The maximum atomic E-state index is 12.4. The summed E-state index contributed by atoms with van der Waals surface area (Å²) in [5.74, 6) is 0.447. The van der Waals surface area contributed by atoms with Gasteiger partial charge in [0.2, 0.25) is 0 Å². The third-order valence-corrected chi connectivity index (χ3v) is 6.30. The second-order valence-corrected chi connectivity index (χ2v) is 8.15. The van der Waals surface area contributed by atoms with E-state index >= 15 is 0 Å². The van der Waals surface area contributed by atoms with E-state index < -0.39 is 0 Å². The van der Waals surface area contributed by atoms with Gasteiger partial charge in [-0.2, -0.15) is 0 Å². The molecule has 0 aliphatic carbocycles. The summed E-state index contributed by atoms with van der Waals surface area (Å²) in [5.41, 5.74) is 9.10. The van der Waals surface area contributed by atoms with E-state index in [2.05, 4.69) is 27.8 Å². The smallest absolute Gasteiger partial charge is 0.266 e. The van der Waals surface area contributed by atoms with Crippen molar-refractivity contribution in [2.75, 3.05) is 6.54 Å². The van der Waals surface area contributed by atoms with Crippen LogP contribution in [0.5, 0.6) is 5.75 Å². The number of nitrogens with one attached hydrogen (secondary N) is 1. The lowest BCUT2D eigenvalue weighted by atomic mass is 9.94. The Morgan fingerprint density at radius 1 is 1.26 bits per heavy atom. The van der Waals surface area contributed by atoms with Crippen molar-refractivity contribution in [3.63, 3.8) is 0 Å². The van der Waals surface area contributed by atoms with Crippen LogP contribution in [0.25, 0.3) is 32.1 Å². The number of fused-ring (bicyclic) bond motifs is 3. The van der Waals surface area contributed by atoms with Crippen LogP contribution in [0.1, 0.15) is 18.4 Å². The van der Waals surface area contributed by atoms with Crippen molar-refractivity contribution in [1.29, 1.82) is 0 Å². The number of hydrogen-bond acceptors (Lipinski definition) is 4. The zero-order chi connectivity index (χ0) is 18.4. The van der Waals surface area contributed by atoms with Crippen molar-refractivity contribution in [3.8, 4) is 16.9 Å². The predicted molar refractivity (Wildman–Crippen MR) is 119 cm³/mol. The highest BCUT2D eigenvalue weighted by Crippen LogP contribution is 2.42.